The molecule has 4 aromatic rings. The third-order valence-electron chi connectivity index (χ3n) is 8.72. The highest BCUT2D eigenvalue weighted by atomic mass is 35.5. The molecule has 232 valence electrons. The van der Waals surface area contributed by atoms with Gasteiger partial charge in [0.1, 0.15) is 22.2 Å². The van der Waals surface area contributed by atoms with Crippen molar-refractivity contribution in [2.45, 2.75) is 42.8 Å². The number of likely N-dealkylation sites (N-methyl/N-ethyl adjacent to an activating group) is 1. The normalized spacial score (nSPS) is 18.3. The monoisotopic (exact) mass is 656 g/mol. The summed E-state index contributed by atoms with van der Waals surface area (Å²) in [7, 11) is 0.495. The minimum atomic E-state index is -4.42. The first kappa shape index (κ1) is 30.6. The summed E-state index contributed by atoms with van der Waals surface area (Å²) >= 11 is 7.97. The average Bonchev–Trinajstić information content (AvgIpc) is 3.81. The van der Waals surface area contributed by atoms with Crippen molar-refractivity contribution >= 4 is 44.5 Å². The Hall–Kier alpha value is -3.38. The molecule has 0 spiro atoms. The van der Waals surface area contributed by atoms with Crippen molar-refractivity contribution < 1.29 is 22.3 Å². The van der Waals surface area contributed by atoms with Crippen LogP contribution in [0, 0.1) is 5.82 Å². The van der Waals surface area contributed by atoms with Crippen LogP contribution >= 0.6 is 22.9 Å². The minimum Gasteiger partial charge on any atom is -0.497 e. The van der Waals surface area contributed by atoms with E-state index in [1.165, 1.54) is 54.3 Å². The lowest BCUT2D eigenvalue weighted by atomic mass is 10.1. The summed E-state index contributed by atoms with van der Waals surface area (Å²) in [5.41, 5.74) is 5.35. The van der Waals surface area contributed by atoms with Gasteiger partial charge in [-0.05, 0) is 48.6 Å². The molecule has 12 heteroatoms. The van der Waals surface area contributed by atoms with E-state index in [9.17, 15) is 8.42 Å². The molecule has 0 N–H and O–H groups in total. The highest BCUT2D eigenvalue weighted by Gasteiger charge is 2.36. The second-order valence-corrected chi connectivity index (χ2v) is 14.0. The number of ether oxygens (including phenoxy) is 2. The molecule has 2 atom stereocenters. The van der Waals surface area contributed by atoms with E-state index in [0.717, 1.165) is 36.7 Å². The van der Waals surface area contributed by atoms with Gasteiger partial charge in [0.15, 0.2) is 5.82 Å². The maximum Gasteiger partial charge on any atom is 0.268 e. The fraction of sp³-hybridized carbons (Fsp3) is 0.344. The smallest absolute Gasteiger partial charge is 0.268 e. The fourth-order valence-electron chi connectivity index (χ4n) is 6.34. The molecule has 2 heterocycles. The van der Waals surface area contributed by atoms with E-state index < -0.39 is 20.7 Å². The summed E-state index contributed by atoms with van der Waals surface area (Å²) in [6.45, 7) is 1.60. The zero-order valence-corrected chi connectivity index (χ0v) is 27.1. The Morgan fingerprint density at radius 1 is 1.11 bits per heavy atom. The topological polar surface area (TPSA) is 75.2 Å². The van der Waals surface area contributed by atoms with Crippen LogP contribution in [0.25, 0.3) is 0 Å². The molecule has 1 saturated heterocycles. The number of hydrogen-bond donors (Lipinski definition) is 0. The van der Waals surface area contributed by atoms with Crippen molar-refractivity contribution in [2.75, 3.05) is 43.6 Å². The maximum absolute atomic E-state index is 15.9. The molecule has 1 aliphatic heterocycles. The lowest BCUT2D eigenvalue weighted by Crippen LogP contribution is -2.36. The van der Waals surface area contributed by atoms with Gasteiger partial charge < -0.3 is 14.4 Å². The number of fused-ring (bicyclic) bond motifs is 1. The Kier molecular flexibility index (Phi) is 8.74. The van der Waals surface area contributed by atoms with Crippen LogP contribution < -0.4 is 18.7 Å². The first-order chi connectivity index (χ1) is 21.2. The molecular weight excluding hydrogens is 623 g/mol. The van der Waals surface area contributed by atoms with Crippen molar-refractivity contribution in [1.29, 1.82) is 0 Å². The summed E-state index contributed by atoms with van der Waals surface area (Å²) < 4.78 is 55.9. The number of benzene rings is 3. The summed E-state index contributed by atoms with van der Waals surface area (Å²) in [5, 5.41) is 1.77. The number of sulfonamides is 1. The number of aryl methyl sites for hydroxylation is 1. The number of anilines is 2. The minimum absolute atomic E-state index is 0.108. The Labute approximate surface area is 266 Å². The number of aromatic nitrogens is 1. The first-order valence-electron chi connectivity index (χ1n) is 14.4. The highest BCUT2D eigenvalue weighted by Crippen LogP contribution is 2.40. The Morgan fingerprint density at radius 2 is 1.93 bits per heavy atom. The van der Waals surface area contributed by atoms with E-state index in [-0.39, 0.29) is 23.4 Å². The molecule has 44 heavy (non-hydrogen) atoms. The van der Waals surface area contributed by atoms with Gasteiger partial charge in [0, 0.05) is 55.3 Å². The van der Waals surface area contributed by atoms with Crippen molar-refractivity contribution in [1.82, 2.24) is 9.88 Å². The number of thiazole rings is 1. The van der Waals surface area contributed by atoms with Gasteiger partial charge in [0.2, 0.25) is 0 Å². The van der Waals surface area contributed by atoms with Gasteiger partial charge in [-0.15, -0.1) is 11.3 Å². The molecular formula is C32H34ClFN4O4S2. The molecule has 1 aromatic heterocycles. The highest BCUT2D eigenvalue weighted by molar-refractivity contribution is 7.92. The van der Waals surface area contributed by atoms with E-state index in [0.29, 0.717) is 28.8 Å². The van der Waals surface area contributed by atoms with Crippen molar-refractivity contribution in [3.05, 3.63) is 93.0 Å². The first-order valence-corrected chi connectivity index (χ1v) is 17.1. The van der Waals surface area contributed by atoms with Crippen LogP contribution in [0.2, 0.25) is 5.02 Å². The zero-order valence-electron chi connectivity index (χ0n) is 24.7. The summed E-state index contributed by atoms with van der Waals surface area (Å²) in [6, 6.07) is 16.6. The van der Waals surface area contributed by atoms with E-state index >= 15 is 4.39 Å². The van der Waals surface area contributed by atoms with E-state index in [1.54, 1.807) is 23.6 Å². The van der Waals surface area contributed by atoms with Crippen LogP contribution in [-0.2, 0) is 23.0 Å². The number of likely N-dealkylation sites (tertiary alicyclic amines) is 1. The Balaban J connectivity index is 1.26. The predicted molar refractivity (Wildman–Crippen MR) is 172 cm³/mol. The number of halogens is 2. The SMILES string of the molecule is COc1ccc(CN(c2cscn2)S(=O)(=O)c2cc(Cl)c(N(C)[C@H]3CCN([C@H]4CCc5ccccc54)C3)cc2F)c(OC)c1. The summed E-state index contributed by atoms with van der Waals surface area (Å²) in [4.78, 5) is 8.18. The third-order valence-corrected chi connectivity index (χ3v) is 11.4. The molecule has 0 saturated carbocycles. The van der Waals surface area contributed by atoms with Crippen LogP contribution in [0.4, 0.5) is 15.9 Å². The van der Waals surface area contributed by atoms with Crippen molar-refractivity contribution in [3.63, 3.8) is 0 Å². The molecule has 1 fully saturated rings. The average molecular weight is 657 g/mol. The molecule has 0 unspecified atom stereocenters. The molecule has 1 aliphatic carbocycles. The van der Waals surface area contributed by atoms with Crippen LogP contribution in [0.3, 0.4) is 0 Å². The molecule has 0 amide bonds. The standard InChI is InChI=1S/C32H34ClFN4O4S2/c1-36(23-12-13-37(18-23)28-11-9-21-6-4-5-7-25(21)28)29-16-27(34)31(15-26(29)33)44(39,40)38(32-19-43-20-35-32)17-22-8-10-24(41-2)14-30(22)42-3/h4-8,10,14-16,19-20,23,28H,9,11-13,17-18H2,1-3H3/t23-,28-/m0/s1. The third kappa shape index (κ3) is 5.74. The van der Waals surface area contributed by atoms with Crippen molar-refractivity contribution in [3.8, 4) is 11.5 Å². The summed E-state index contributed by atoms with van der Waals surface area (Å²) in [6.07, 6.45) is 3.07. The molecule has 0 radical (unpaired) electrons. The van der Waals surface area contributed by atoms with Gasteiger partial charge in [-0.1, -0.05) is 35.9 Å². The quantitative estimate of drug-likeness (QED) is 0.192. The van der Waals surface area contributed by atoms with E-state index in [4.69, 9.17) is 21.1 Å². The van der Waals surface area contributed by atoms with E-state index in [2.05, 4.69) is 34.1 Å². The Morgan fingerprint density at radius 3 is 2.68 bits per heavy atom. The largest absolute Gasteiger partial charge is 0.497 e. The second-order valence-electron chi connectivity index (χ2n) is 11.1. The number of nitrogens with zero attached hydrogens (tertiary/aromatic N) is 4. The molecule has 0 bridgehead atoms. The lowest BCUT2D eigenvalue weighted by molar-refractivity contribution is 0.242. The molecule has 2 aliphatic rings. The van der Waals surface area contributed by atoms with Gasteiger partial charge in [0.05, 0.1) is 37.0 Å². The molecule has 8 nitrogen and oxygen atoms in total. The lowest BCUT2D eigenvalue weighted by Gasteiger charge is -2.30. The zero-order chi connectivity index (χ0) is 31.0. The van der Waals surface area contributed by atoms with Crippen molar-refractivity contribution in [2.24, 2.45) is 0 Å². The van der Waals surface area contributed by atoms with Gasteiger partial charge in [-0.25, -0.2) is 22.1 Å². The molecule has 6 rings (SSSR count). The number of hydrogen-bond acceptors (Lipinski definition) is 8. The van der Waals surface area contributed by atoms with Crippen LogP contribution in [0.15, 0.2) is 70.4 Å². The van der Waals surface area contributed by atoms with Gasteiger partial charge in [-0.3, -0.25) is 4.90 Å². The summed E-state index contributed by atoms with van der Waals surface area (Å²) in [5.74, 6) is 0.286. The van der Waals surface area contributed by atoms with Gasteiger partial charge in [-0.2, -0.15) is 0 Å². The van der Waals surface area contributed by atoms with Crippen LogP contribution in [-0.4, -0.2) is 58.7 Å². The number of rotatable bonds is 10. The Bertz CT molecular complexity index is 1760. The van der Waals surface area contributed by atoms with Crippen LogP contribution in [0.5, 0.6) is 11.5 Å². The predicted octanol–water partition coefficient (Wildman–Crippen LogP) is 6.55. The maximum atomic E-state index is 15.9. The molecule has 3 aromatic carbocycles. The van der Waals surface area contributed by atoms with E-state index in [1.807, 2.05) is 11.9 Å². The van der Waals surface area contributed by atoms with Gasteiger partial charge >= 0.3 is 0 Å². The second kappa shape index (κ2) is 12.5. The van der Waals surface area contributed by atoms with Gasteiger partial charge in [0.25, 0.3) is 10.0 Å². The fourth-order valence-corrected chi connectivity index (χ4v) is 8.77. The number of methoxy groups -OCH3 is 2. The van der Waals surface area contributed by atoms with Crippen LogP contribution in [0.1, 0.15) is 35.6 Å².